The quantitative estimate of drug-likeness (QED) is 0.604. The van der Waals surface area contributed by atoms with E-state index in [0.717, 1.165) is 31.0 Å². The third-order valence-corrected chi connectivity index (χ3v) is 6.47. The highest BCUT2D eigenvalue weighted by molar-refractivity contribution is 6.33. The van der Waals surface area contributed by atoms with Gasteiger partial charge in [0.05, 0.1) is 17.8 Å². The SMILES string of the molecule is C[C@H](NC(=O)c1cnc(Cl)c(-c2cc(F)cc(F)c2)c1N1CCC(C)(OC(N)=O)C1)C1CC1. The minimum absolute atomic E-state index is 0.00814. The van der Waals surface area contributed by atoms with Gasteiger partial charge in [0, 0.05) is 36.8 Å². The lowest BCUT2D eigenvalue weighted by Gasteiger charge is -2.28. The van der Waals surface area contributed by atoms with E-state index in [1.807, 2.05) is 11.8 Å². The molecule has 2 heterocycles. The van der Waals surface area contributed by atoms with Crippen molar-refractivity contribution in [3.05, 3.63) is 46.7 Å². The van der Waals surface area contributed by atoms with Gasteiger partial charge in [-0.3, -0.25) is 4.79 Å². The molecule has 0 spiro atoms. The Morgan fingerprint density at radius 1 is 1.30 bits per heavy atom. The Morgan fingerprint density at radius 3 is 2.58 bits per heavy atom. The number of carbonyl (C=O) groups excluding carboxylic acids is 2. The first-order valence-electron chi connectivity index (χ1n) is 10.8. The number of primary amides is 1. The topological polar surface area (TPSA) is 97.6 Å². The number of pyridine rings is 1. The molecule has 1 aromatic carbocycles. The van der Waals surface area contributed by atoms with Crippen molar-refractivity contribution in [3.63, 3.8) is 0 Å². The zero-order valence-electron chi connectivity index (χ0n) is 18.3. The van der Waals surface area contributed by atoms with Crippen LogP contribution in [-0.4, -0.2) is 41.7 Å². The van der Waals surface area contributed by atoms with Crippen LogP contribution in [0.25, 0.3) is 11.1 Å². The van der Waals surface area contributed by atoms with Crippen LogP contribution in [0.1, 0.15) is 43.5 Å². The predicted molar refractivity (Wildman–Crippen MR) is 120 cm³/mol. The number of rotatable bonds is 6. The van der Waals surface area contributed by atoms with Crippen molar-refractivity contribution in [3.8, 4) is 11.1 Å². The predicted octanol–water partition coefficient (Wildman–Crippen LogP) is 4.27. The highest BCUT2D eigenvalue weighted by atomic mass is 35.5. The molecule has 33 heavy (non-hydrogen) atoms. The van der Waals surface area contributed by atoms with E-state index in [4.69, 9.17) is 22.1 Å². The molecule has 7 nitrogen and oxygen atoms in total. The second-order valence-corrected chi connectivity index (χ2v) is 9.34. The van der Waals surface area contributed by atoms with E-state index in [9.17, 15) is 18.4 Å². The molecule has 2 aromatic rings. The molecule has 1 saturated heterocycles. The number of nitrogens with one attached hydrogen (secondary N) is 1. The summed E-state index contributed by atoms with van der Waals surface area (Å²) in [5.41, 5.74) is 5.29. The lowest BCUT2D eigenvalue weighted by Crippen LogP contribution is -2.38. The van der Waals surface area contributed by atoms with Crippen LogP contribution in [0.5, 0.6) is 0 Å². The lowest BCUT2D eigenvalue weighted by atomic mass is 10.0. The molecule has 2 atom stereocenters. The standard InChI is InChI=1S/C23H25ClF2N4O3/c1-12(13-3-4-13)29-21(31)17-10-28-20(24)18(14-7-15(25)9-16(26)8-14)19(17)30-6-5-23(2,11-30)33-22(27)32/h7-10,12-13H,3-6,11H2,1-2H3,(H2,27,32)(H,29,31)/t12-,23?/m0/s1. The van der Waals surface area contributed by atoms with Crippen LogP contribution in [-0.2, 0) is 4.74 Å². The van der Waals surface area contributed by atoms with Crippen molar-refractivity contribution in [2.75, 3.05) is 18.0 Å². The van der Waals surface area contributed by atoms with Crippen molar-refractivity contribution < 1.29 is 23.1 Å². The smallest absolute Gasteiger partial charge is 0.405 e. The van der Waals surface area contributed by atoms with Gasteiger partial charge in [-0.1, -0.05) is 11.6 Å². The van der Waals surface area contributed by atoms with Crippen molar-refractivity contribution in [1.82, 2.24) is 10.3 Å². The molecule has 1 aliphatic carbocycles. The average Bonchev–Trinajstić information content (AvgIpc) is 3.49. The van der Waals surface area contributed by atoms with Gasteiger partial charge < -0.3 is 20.7 Å². The van der Waals surface area contributed by atoms with Crippen LogP contribution in [0.15, 0.2) is 24.4 Å². The molecular weight excluding hydrogens is 454 g/mol. The number of hydrogen-bond donors (Lipinski definition) is 2. The first kappa shape index (κ1) is 23.2. The van der Waals surface area contributed by atoms with Crippen LogP contribution in [0.2, 0.25) is 5.15 Å². The number of amides is 2. The maximum atomic E-state index is 14.1. The lowest BCUT2D eigenvalue weighted by molar-refractivity contribution is 0.0480. The van der Waals surface area contributed by atoms with Gasteiger partial charge in [0.15, 0.2) is 0 Å². The number of aromatic nitrogens is 1. The molecular formula is C23H25ClF2N4O3. The average molecular weight is 479 g/mol. The van der Waals surface area contributed by atoms with Gasteiger partial charge in [-0.2, -0.15) is 0 Å². The fourth-order valence-electron chi connectivity index (χ4n) is 4.38. The van der Waals surface area contributed by atoms with Crippen LogP contribution in [0.4, 0.5) is 19.3 Å². The fraction of sp³-hybridized carbons (Fsp3) is 0.435. The summed E-state index contributed by atoms with van der Waals surface area (Å²) in [6.45, 7) is 4.28. The first-order valence-corrected chi connectivity index (χ1v) is 11.1. The molecule has 4 rings (SSSR count). The molecule has 3 N–H and O–H groups in total. The Balaban J connectivity index is 1.82. The number of anilines is 1. The summed E-state index contributed by atoms with van der Waals surface area (Å²) in [6, 6.07) is 3.00. The number of nitrogens with two attached hydrogens (primary N) is 1. The molecule has 176 valence electrons. The Hall–Kier alpha value is -2.94. The number of nitrogens with zero attached hydrogens (tertiary/aromatic N) is 2. The monoisotopic (exact) mass is 478 g/mol. The molecule has 2 amide bonds. The number of benzene rings is 1. The van der Waals surface area contributed by atoms with Crippen molar-refractivity contribution in [1.29, 1.82) is 0 Å². The van der Waals surface area contributed by atoms with E-state index in [1.54, 1.807) is 6.92 Å². The number of ether oxygens (including phenoxy) is 1. The normalized spacial score (nSPS) is 21.1. The molecule has 10 heteroatoms. The van der Waals surface area contributed by atoms with Crippen molar-refractivity contribution in [2.24, 2.45) is 11.7 Å². The molecule has 1 saturated carbocycles. The fourth-order valence-corrected chi connectivity index (χ4v) is 4.62. The van der Waals surface area contributed by atoms with Gasteiger partial charge in [0.1, 0.15) is 22.4 Å². The maximum absolute atomic E-state index is 14.1. The minimum atomic E-state index is -0.907. The summed E-state index contributed by atoms with van der Waals surface area (Å²) >= 11 is 6.43. The minimum Gasteiger partial charge on any atom is -0.441 e. The largest absolute Gasteiger partial charge is 0.441 e. The molecule has 1 aromatic heterocycles. The summed E-state index contributed by atoms with van der Waals surface area (Å²) in [5.74, 6) is -1.51. The third kappa shape index (κ3) is 5.03. The summed E-state index contributed by atoms with van der Waals surface area (Å²) in [7, 11) is 0. The molecule has 2 aliphatic rings. The van der Waals surface area contributed by atoms with Crippen molar-refractivity contribution in [2.45, 2.75) is 44.8 Å². The maximum Gasteiger partial charge on any atom is 0.405 e. The van der Waals surface area contributed by atoms with Crippen LogP contribution in [0.3, 0.4) is 0 Å². The van der Waals surface area contributed by atoms with Crippen LogP contribution >= 0.6 is 11.6 Å². The van der Waals surface area contributed by atoms with Gasteiger partial charge in [0.25, 0.3) is 5.91 Å². The molecule has 1 aliphatic heterocycles. The molecule has 0 bridgehead atoms. The van der Waals surface area contributed by atoms with Gasteiger partial charge in [-0.05, 0) is 50.3 Å². The Morgan fingerprint density at radius 2 is 1.97 bits per heavy atom. The first-order chi connectivity index (χ1) is 15.6. The van der Waals surface area contributed by atoms with E-state index in [0.29, 0.717) is 24.6 Å². The van der Waals surface area contributed by atoms with Crippen LogP contribution in [0, 0.1) is 17.6 Å². The third-order valence-electron chi connectivity index (χ3n) is 6.19. The van der Waals surface area contributed by atoms with E-state index in [1.165, 1.54) is 6.20 Å². The molecule has 1 unspecified atom stereocenters. The van der Waals surface area contributed by atoms with Gasteiger partial charge in [0.2, 0.25) is 0 Å². The Labute approximate surface area is 195 Å². The highest BCUT2D eigenvalue weighted by Crippen LogP contribution is 2.42. The molecule has 2 fully saturated rings. The van der Waals surface area contributed by atoms with Gasteiger partial charge in [-0.15, -0.1) is 0 Å². The van der Waals surface area contributed by atoms with Gasteiger partial charge >= 0.3 is 6.09 Å². The summed E-state index contributed by atoms with van der Waals surface area (Å²) in [6.07, 6.45) is 2.99. The number of carbonyl (C=O) groups is 2. The van der Waals surface area contributed by atoms with E-state index >= 15 is 0 Å². The number of hydrogen-bond acceptors (Lipinski definition) is 5. The van der Waals surface area contributed by atoms with Gasteiger partial charge in [-0.25, -0.2) is 18.6 Å². The zero-order valence-corrected chi connectivity index (χ0v) is 19.1. The second kappa shape index (κ2) is 8.78. The summed E-state index contributed by atoms with van der Waals surface area (Å²) in [4.78, 5) is 30.6. The summed E-state index contributed by atoms with van der Waals surface area (Å²) < 4.78 is 33.5. The second-order valence-electron chi connectivity index (χ2n) is 8.99. The van der Waals surface area contributed by atoms with Crippen molar-refractivity contribution >= 4 is 29.3 Å². The number of halogens is 3. The Kier molecular flexibility index (Phi) is 6.18. The van der Waals surface area contributed by atoms with E-state index < -0.39 is 23.3 Å². The Bertz CT molecular complexity index is 1090. The van der Waals surface area contributed by atoms with Crippen LogP contribution < -0.4 is 16.0 Å². The zero-order chi connectivity index (χ0) is 23.9. The van der Waals surface area contributed by atoms with E-state index in [2.05, 4.69) is 10.3 Å². The molecule has 0 radical (unpaired) electrons. The summed E-state index contributed by atoms with van der Waals surface area (Å²) in [5, 5.41) is 2.99. The highest BCUT2D eigenvalue weighted by Gasteiger charge is 2.40. The van der Waals surface area contributed by atoms with E-state index in [-0.39, 0.29) is 40.3 Å².